The van der Waals surface area contributed by atoms with Crippen molar-refractivity contribution in [3.8, 4) is 44.5 Å². The predicted octanol–water partition coefficient (Wildman–Crippen LogP) is 10.5. The van der Waals surface area contributed by atoms with Gasteiger partial charge in [-0.3, -0.25) is 0 Å². The Morgan fingerprint density at radius 2 is 0.830 bits per heavy atom. The quantitative estimate of drug-likeness (QED) is 0.163. The summed E-state index contributed by atoms with van der Waals surface area (Å²) in [4.78, 5) is 2.53. The van der Waals surface area contributed by atoms with E-state index in [2.05, 4.69) is 207 Å². The Labute approximate surface area is 314 Å². The summed E-state index contributed by atoms with van der Waals surface area (Å²) in [5.74, 6) is 0. The molecule has 0 aromatic heterocycles. The molecule has 2 heterocycles. The minimum atomic E-state index is -3.39. The summed E-state index contributed by atoms with van der Waals surface area (Å²) in [6, 6.07) is 71.1. The Morgan fingerprint density at radius 3 is 1.49 bits per heavy atom. The Bertz CT molecular complexity index is 2710. The molecular formula is C51H37GeN. The third-order valence-corrected chi connectivity index (χ3v) is 22.7. The van der Waals surface area contributed by atoms with E-state index < -0.39 is 13.3 Å². The van der Waals surface area contributed by atoms with Crippen LogP contribution in [-0.4, -0.2) is 13.3 Å². The first-order valence-electron chi connectivity index (χ1n) is 18.7. The van der Waals surface area contributed by atoms with Crippen molar-refractivity contribution in [3.63, 3.8) is 0 Å². The van der Waals surface area contributed by atoms with Gasteiger partial charge in [-0.1, -0.05) is 0 Å². The minimum absolute atomic E-state index is 0.0558. The van der Waals surface area contributed by atoms with Crippen LogP contribution in [0.25, 0.3) is 44.5 Å². The summed E-state index contributed by atoms with van der Waals surface area (Å²) < 4.78 is 6.16. The standard InChI is InChI=1S/C51H37GeN/c1-51(2)44-23-11-6-19-38(44)43-32-35(29-31-45(43)51)53(50-27-15-10-18-37(50)34-16-4-3-5-17-34)36-28-30-42-41-22-9-14-26-48(41)52(49(42)33-36)46-24-12-7-20-39(46)40-21-8-13-25-47(40)52/h3-33H,1-2H3. The van der Waals surface area contributed by atoms with Crippen molar-refractivity contribution in [1.82, 2.24) is 0 Å². The van der Waals surface area contributed by atoms with Crippen LogP contribution in [0.5, 0.6) is 0 Å². The van der Waals surface area contributed by atoms with Crippen molar-refractivity contribution in [2.45, 2.75) is 19.3 Å². The van der Waals surface area contributed by atoms with Gasteiger partial charge in [0.25, 0.3) is 0 Å². The number of para-hydroxylation sites is 1. The van der Waals surface area contributed by atoms with Gasteiger partial charge in [-0.25, -0.2) is 0 Å². The summed E-state index contributed by atoms with van der Waals surface area (Å²) in [7, 11) is 0. The number of benzene rings is 8. The Morgan fingerprint density at radius 1 is 0.358 bits per heavy atom. The van der Waals surface area contributed by atoms with Gasteiger partial charge in [0.2, 0.25) is 0 Å². The van der Waals surface area contributed by atoms with Crippen LogP contribution < -0.4 is 22.5 Å². The fraction of sp³-hybridized carbons (Fsp3) is 0.0588. The molecule has 0 saturated carbocycles. The van der Waals surface area contributed by atoms with Crippen LogP contribution in [0.15, 0.2) is 188 Å². The van der Waals surface area contributed by atoms with Gasteiger partial charge in [0.15, 0.2) is 0 Å². The first kappa shape index (κ1) is 30.7. The molecule has 3 aliphatic rings. The normalized spacial score (nSPS) is 14.5. The molecule has 0 bridgehead atoms. The SMILES string of the molecule is CC1(C)c2ccccc2-c2cc(N(c3ccc4[c](c3)[Ge]3([c]5ccccc5-c5cccc[c]53)[c]3ccccc3-4)c3ccccc3-c3ccccc3)ccc21. The van der Waals surface area contributed by atoms with E-state index in [1.54, 1.807) is 13.2 Å². The molecule has 1 spiro atoms. The van der Waals surface area contributed by atoms with Gasteiger partial charge >= 0.3 is 316 Å². The number of hydrogen-bond donors (Lipinski definition) is 0. The zero-order valence-electron chi connectivity index (χ0n) is 29.8. The number of fused-ring (bicyclic) bond motifs is 13. The third-order valence-electron chi connectivity index (χ3n) is 12.3. The zero-order valence-corrected chi connectivity index (χ0v) is 31.9. The van der Waals surface area contributed by atoms with Crippen molar-refractivity contribution in [1.29, 1.82) is 0 Å². The molecule has 53 heavy (non-hydrogen) atoms. The molecule has 11 rings (SSSR count). The summed E-state index contributed by atoms with van der Waals surface area (Å²) >= 11 is -3.39. The second-order valence-corrected chi connectivity index (χ2v) is 22.9. The molecule has 0 radical (unpaired) electrons. The summed E-state index contributed by atoms with van der Waals surface area (Å²) in [6.45, 7) is 4.72. The van der Waals surface area contributed by atoms with Crippen molar-refractivity contribution >= 4 is 47.9 Å². The molecule has 2 heteroatoms. The van der Waals surface area contributed by atoms with Gasteiger partial charge in [0, 0.05) is 0 Å². The maximum absolute atomic E-state index is 3.39. The monoisotopic (exact) mass is 737 g/mol. The van der Waals surface area contributed by atoms with Crippen LogP contribution in [0.2, 0.25) is 0 Å². The first-order valence-corrected chi connectivity index (χ1v) is 22.9. The van der Waals surface area contributed by atoms with Crippen molar-refractivity contribution in [3.05, 3.63) is 199 Å². The van der Waals surface area contributed by atoms with Gasteiger partial charge in [0.05, 0.1) is 0 Å². The van der Waals surface area contributed by atoms with Gasteiger partial charge in [-0.15, -0.1) is 0 Å². The number of nitrogens with zero attached hydrogens (tertiary/aromatic N) is 1. The Hall–Kier alpha value is -5.90. The van der Waals surface area contributed by atoms with E-state index in [1.807, 2.05) is 0 Å². The van der Waals surface area contributed by atoms with E-state index >= 15 is 0 Å². The molecule has 0 N–H and O–H groups in total. The topological polar surface area (TPSA) is 3.24 Å². The van der Waals surface area contributed by atoms with Crippen molar-refractivity contribution < 1.29 is 0 Å². The van der Waals surface area contributed by atoms with Crippen LogP contribution in [0.3, 0.4) is 0 Å². The summed E-state index contributed by atoms with van der Waals surface area (Å²) in [5, 5.41) is 0. The van der Waals surface area contributed by atoms with Gasteiger partial charge in [-0.2, -0.15) is 0 Å². The third kappa shape index (κ3) is 4.14. The number of hydrogen-bond acceptors (Lipinski definition) is 1. The van der Waals surface area contributed by atoms with Gasteiger partial charge in [-0.05, 0) is 0 Å². The van der Waals surface area contributed by atoms with E-state index in [0.717, 1.165) is 0 Å². The zero-order chi connectivity index (χ0) is 35.3. The average molecular weight is 736 g/mol. The Kier molecular flexibility index (Phi) is 6.55. The molecular weight excluding hydrogens is 699 g/mol. The van der Waals surface area contributed by atoms with Gasteiger partial charge in [0.1, 0.15) is 0 Å². The predicted molar refractivity (Wildman–Crippen MR) is 226 cm³/mol. The molecule has 8 aromatic rings. The molecule has 1 aliphatic carbocycles. The first-order chi connectivity index (χ1) is 26.1. The molecule has 0 amide bonds. The average Bonchev–Trinajstić information content (AvgIpc) is 3.77. The maximum atomic E-state index is 2.58. The van der Waals surface area contributed by atoms with Crippen LogP contribution in [0.4, 0.5) is 17.1 Å². The van der Waals surface area contributed by atoms with Crippen LogP contribution in [-0.2, 0) is 5.41 Å². The second-order valence-electron chi connectivity index (χ2n) is 15.2. The van der Waals surface area contributed by atoms with E-state index in [-0.39, 0.29) is 5.41 Å². The van der Waals surface area contributed by atoms with Gasteiger partial charge < -0.3 is 0 Å². The van der Waals surface area contributed by atoms with Crippen molar-refractivity contribution in [2.24, 2.45) is 0 Å². The van der Waals surface area contributed by atoms with Crippen molar-refractivity contribution in [2.75, 3.05) is 4.90 Å². The molecule has 0 fully saturated rings. The van der Waals surface area contributed by atoms with E-state index in [9.17, 15) is 0 Å². The molecule has 0 saturated heterocycles. The van der Waals surface area contributed by atoms with E-state index in [0.29, 0.717) is 0 Å². The fourth-order valence-corrected chi connectivity index (χ4v) is 21.8. The molecule has 2 aliphatic heterocycles. The Balaban J connectivity index is 1.20. The van der Waals surface area contributed by atoms with Crippen LogP contribution in [0, 0.1) is 0 Å². The van der Waals surface area contributed by atoms with Crippen LogP contribution in [0.1, 0.15) is 25.0 Å². The number of rotatable bonds is 4. The molecule has 0 atom stereocenters. The van der Waals surface area contributed by atoms with E-state index in [4.69, 9.17) is 0 Å². The molecule has 0 unspecified atom stereocenters. The fourth-order valence-electron chi connectivity index (χ4n) is 10.0. The molecule has 250 valence electrons. The molecule has 1 nitrogen and oxygen atoms in total. The number of anilines is 3. The molecule has 8 aromatic carbocycles. The summed E-state index contributed by atoms with van der Waals surface area (Å²) in [5.41, 5.74) is 16.9. The van der Waals surface area contributed by atoms with Crippen LogP contribution >= 0.6 is 0 Å². The summed E-state index contributed by atoms with van der Waals surface area (Å²) in [6.07, 6.45) is 0. The second kappa shape index (κ2) is 11.3. The van der Waals surface area contributed by atoms with E-state index in [1.165, 1.54) is 77.1 Å².